The maximum Gasteiger partial charge on any atom is 0.0708 e. The van der Waals surface area contributed by atoms with Gasteiger partial charge in [0, 0.05) is 28.4 Å². The highest BCUT2D eigenvalue weighted by molar-refractivity contribution is 6.25. The first-order chi connectivity index (χ1) is 26.6. The molecule has 11 rings (SSSR count). The molecular formula is C52H36N2. The molecule has 2 atom stereocenters. The van der Waals surface area contributed by atoms with Crippen molar-refractivity contribution in [3.05, 3.63) is 205 Å². The molecule has 2 heterocycles. The number of anilines is 2. The van der Waals surface area contributed by atoms with Crippen LogP contribution in [0, 0.1) is 0 Å². The number of fused-ring (bicyclic) bond motifs is 10. The van der Waals surface area contributed by atoms with Gasteiger partial charge in [0.1, 0.15) is 0 Å². The number of hydrogen-bond donors (Lipinski definition) is 0. The number of nitrogens with zero attached hydrogens (tertiary/aromatic N) is 2. The Kier molecular flexibility index (Phi) is 6.78. The van der Waals surface area contributed by atoms with E-state index in [1.165, 1.54) is 88.0 Å². The summed E-state index contributed by atoms with van der Waals surface area (Å²) in [7, 11) is 0. The summed E-state index contributed by atoms with van der Waals surface area (Å²) in [6, 6.07) is 62.3. The highest BCUT2D eigenvalue weighted by atomic mass is 15.2. The van der Waals surface area contributed by atoms with E-state index in [-0.39, 0.29) is 11.5 Å². The van der Waals surface area contributed by atoms with Crippen molar-refractivity contribution in [2.24, 2.45) is 0 Å². The van der Waals surface area contributed by atoms with Crippen molar-refractivity contribution in [2.75, 3.05) is 4.90 Å². The van der Waals surface area contributed by atoms with Crippen LogP contribution in [0.15, 0.2) is 194 Å². The van der Waals surface area contributed by atoms with E-state index in [1.54, 1.807) is 0 Å². The third-order valence-electron chi connectivity index (χ3n) is 11.9. The fourth-order valence-corrected chi connectivity index (χ4v) is 9.30. The Bertz CT molecular complexity index is 2970. The number of pyridine rings is 1. The quantitative estimate of drug-likeness (QED) is 0.171. The molecule has 2 nitrogen and oxygen atoms in total. The number of hydrogen-bond acceptors (Lipinski definition) is 2. The molecule has 0 saturated carbocycles. The highest BCUT2D eigenvalue weighted by Gasteiger charge is 2.47. The van der Waals surface area contributed by atoms with Gasteiger partial charge in [-0.3, -0.25) is 4.98 Å². The van der Waals surface area contributed by atoms with E-state index >= 15 is 0 Å². The molecule has 254 valence electrons. The van der Waals surface area contributed by atoms with E-state index in [2.05, 4.69) is 205 Å². The molecule has 1 aromatic heterocycles. The molecule has 0 N–H and O–H groups in total. The van der Waals surface area contributed by atoms with E-state index in [0.29, 0.717) is 0 Å². The zero-order valence-corrected chi connectivity index (χ0v) is 29.9. The van der Waals surface area contributed by atoms with Gasteiger partial charge in [-0.05, 0) is 121 Å². The summed E-state index contributed by atoms with van der Waals surface area (Å²) in [6.07, 6.45) is 9.18. The summed E-state index contributed by atoms with van der Waals surface area (Å²) in [5, 5.41) is 8.98. The van der Waals surface area contributed by atoms with Crippen LogP contribution < -0.4 is 4.90 Å². The molecule has 9 aromatic rings. The monoisotopic (exact) mass is 688 g/mol. The zero-order chi connectivity index (χ0) is 35.8. The van der Waals surface area contributed by atoms with E-state index in [0.717, 1.165) is 5.52 Å². The van der Waals surface area contributed by atoms with Crippen molar-refractivity contribution in [1.82, 2.24) is 4.98 Å². The molecule has 1 aliphatic carbocycles. The van der Waals surface area contributed by atoms with Crippen molar-refractivity contribution in [2.45, 2.75) is 18.4 Å². The molecule has 0 saturated heterocycles. The number of para-hydroxylation sites is 2. The van der Waals surface area contributed by atoms with Gasteiger partial charge in [0.25, 0.3) is 0 Å². The predicted molar refractivity (Wildman–Crippen MR) is 228 cm³/mol. The van der Waals surface area contributed by atoms with Crippen LogP contribution in [0.4, 0.5) is 11.4 Å². The molecule has 2 unspecified atom stereocenters. The average Bonchev–Trinajstić information content (AvgIpc) is 3.50. The molecule has 0 radical (unpaired) electrons. The van der Waals surface area contributed by atoms with Crippen LogP contribution >= 0.6 is 0 Å². The summed E-state index contributed by atoms with van der Waals surface area (Å²) in [5.41, 5.74) is 11.9. The van der Waals surface area contributed by atoms with Gasteiger partial charge < -0.3 is 4.90 Å². The van der Waals surface area contributed by atoms with E-state index in [9.17, 15) is 0 Å². The van der Waals surface area contributed by atoms with Gasteiger partial charge in [0.2, 0.25) is 0 Å². The lowest BCUT2D eigenvalue weighted by atomic mass is 9.73. The first-order valence-electron chi connectivity index (χ1n) is 18.8. The lowest BCUT2D eigenvalue weighted by Crippen LogP contribution is -2.39. The van der Waals surface area contributed by atoms with Crippen LogP contribution in [-0.4, -0.2) is 11.0 Å². The van der Waals surface area contributed by atoms with Gasteiger partial charge in [-0.15, -0.1) is 0 Å². The van der Waals surface area contributed by atoms with Gasteiger partial charge in [-0.1, -0.05) is 146 Å². The van der Waals surface area contributed by atoms with Gasteiger partial charge in [0.05, 0.1) is 11.6 Å². The molecule has 54 heavy (non-hydrogen) atoms. The Balaban J connectivity index is 1.00. The molecule has 0 amide bonds. The van der Waals surface area contributed by atoms with Crippen LogP contribution in [-0.2, 0) is 5.41 Å². The first-order valence-corrected chi connectivity index (χ1v) is 18.8. The number of allylic oxidation sites excluding steroid dienone is 2. The fraction of sp³-hybridized carbons (Fsp3) is 0.0577. The Hall–Kier alpha value is -6.77. The summed E-state index contributed by atoms with van der Waals surface area (Å²) < 4.78 is 0. The van der Waals surface area contributed by atoms with Crippen LogP contribution in [0.2, 0.25) is 0 Å². The second kappa shape index (κ2) is 11.9. The van der Waals surface area contributed by atoms with E-state index in [1.807, 2.05) is 6.20 Å². The lowest BCUT2D eigenvalue weighted by Gasteiger charge is -2.36. The van der Waals surface area contributed by atoms with Gasteiger partial charge in [0.15, 0.2) is 0 Å². The zero-order valence-electron chi connectivity index (χ0n) is 29.9. The summed E-state index contributed by atoms with van der Waals surface area (Å²) in [6.45, 7) is 2.41. The standard InChI is InChI=1S/C52H36N2/c1-52-33-38(35-21-19-34(20-22-35)36-23-26-45-43-15-6-5-13-41(43)42-14-7-8-16-44(42)47(45)31-36)25-28-51(52)54(39-11-3-2-4-12-39)50-27-24-37(32-48(50)52)40-29-30-53-49-18-10-9-17-46(40)49/h2-33,51H,1H3. The number of aromatic nitrogens is 1. The lowest BCUT2D eigenvalue weighted by molar-refractivity contribution is 0.553. The molecule has 1 aliphatic heterocycles. The maximum atomic E-state index is 4.65. The smallest absolute Gasteiger partial charge is 0.0708 e. The largest absolute Gasteiger partial charge is 0.333 e. The number of rotatable bonds is 4. The molecule has 0 fully saturated rings. The minimum Gasteiger partial charge on any atom is -0.333 e. The van der Waals surface area contributed by atoms with Crippen LogP contribution in [0.1, 0.15) is 18.1 Å². The topological polar surface area (TPSA) is 16.1 Å². The summed E-state index contributed by atoms with van der Waals surface area (Å²) in [4.78, 5) is 7.17. The van der Waals surface area contributed by atoms with Gasteiger partial charge in [-0.2, -0.15) is 0 Å². The predicted octanol–water partition coefficient (Wildman–Crippen LogP) is 13.5. The number of benzene rings is 8. The second-order valence-electron chi connectivity index (χ2n) is 14.9. The fourth-order valence-electron chi connectivity index (χ4n) is 9.30. The Morgan fingerprint density at radius 1 is 0.500 bits per heavy atom. The SMILES string of the molecule is CC12C=C(c3ccc(-c4ccc5c6ccccc6c6ccccc6c5c4)cc3)C=CC1N(c1ccccc1)c1ccc(-c3ccnc4ccccc34)cc12. The van der Waals surface area contributed by atoms with Crippen molar-refractivity contribution in [3.63, 3.8) is 0 Å². The minimum absolute atomic E-state index is 0.144. The molecule has 8 aromatic carbocycles. The minimum atomic E-state index is -0.255. The third kappa shape index (κ3) is 4.63. The average molecular weight is 689 g/mol. The van der Waals surface area contributed by atoms with Gasteiger partial charge >= 0.3 is 0 Å². The van der Waals surface area contributed by atoms with Gasteiger partial charge in [-0.25, -0.2) is 0 Å². The second-order valence-corrected chi connectivity index (χ2v) is 14.9. The van der Waals surface area contributed by atoms with E-state index < -0.39 is 0 Å². The van der Waals surface area contributed by atoms with Crippen LogP contribution in [0.25, 0.3) is 71.0 Å². The summed E-state index contributed by atoms with van der Waals surface area (Å²) >= 11 is 0. The van der Waals surface area contributed by atoms with Crippen molar-refractivity contribution >= 4 is 60.2 Å². The van der Waals surface area contributed by atoms with Crippen molar-refractivity contribution in [3.8, 4) is 22.3 Å². The maximum absolute atomic E-state index is 4.65. The molecule has 2 aliphatic rings. The Labute approximate surface area is 315 Å². The van der Waals surface area contributed by atoms with Crippen LogP contribution in [0.3, 0.4) is 0 Å². The van der Waals surface area contributed by atoms with Crippen LogP contribution in [0.5, 0.6) is 0 Å². The van der Waals surface area contributed by atoms with Crippen molar-refractivity contribution < 1.29 is 0 Å². The normalized spacial score (nSPS) is 17.6. The molecular weight excluding hydrogens is 653 g/mol. The molecule has 2 heteroatoms. The Morgan fingerprint density at radius 3 is 1.83 bits per heavy atom. The third-order valence-corrected chi connectivity index (χ3v) is 11.9. The molecule has 0 bridgehead atoms. The highest BCUT2D eigenvalue weighted by Crippen LogP contribution is 2.54. The first kappa shape index (κ1) is 30.8. The van der Waals surface area contributed by atoms with E-state index in [4.69, 9.17) is 0 Å². The summed E-state index contributed by atoms with van der Waals surface area (Å²) in [5.74, 6) is 0. The molecule has 0 spiro atoms. The van der Waals surface area contributed by atoms with Crippen molar-refractivity contribution in [1.29, 1.82) is 0 Å². The Morgan fingerprint density at radius 2 is 1.09 bits per heavy atom.